The molecule has 128 valence electrons. The highest BCUT2D eigenvalue weighted by Crippen LogP contribution is 2.20. The number of aromatic amines is 1. The number of aliphatic imine (C=N–C) groups is 1. The van der Waals surface area contributed by atoms with E-state index in [2.05, 4.69) is 21.0 Å². The van der Waals surface area contributed by atoms with Gasteiger partial charge in [0.15, 0.2) is 0 Å². The van der Waals surface area contributed by atoms with Crippen LogP contribution in [0.3, 0.4) is 0 Å². The maximum absolute atomic E-state index is 6.40. The summed E-state index contributed by atoms with van der Waals surface area (Å²) in [5.41, 5.74) is 10.2. The van der Waals surface area contributed by atoms with Crippen LogP contribution in [-0.4, -0.2) is 15.8 Å². The fourth-order valence-corrected chi connectivity index (χ4v) is 2.88. The SMILES string of the molecule is NC(Cc1ccc(Cc2cnc[nH]2)cc1Cl)=NCc1ccc(Cl)cc1. The number of imidazole rings is 1. The molecule has 6 heteroatoms. The van der Waals surface area contributed by atoms with Crippen LogP contribution >= 0.6 is 23.2 Å². The Bertz CT molecular complexity index is 856. The molecule has 0 spiro atoms. The zero-order valence-electron chi connectivity index (χ0n) is 13.5. The van der Waals surface area contributed by atoms with E-state index in [0.717, 1.165) is 28.8 Å². The molecule has 25 heavy (non-hydrogen) atoms. The summed E-state index contributed by atoms with van der Waals surface area (Å²) in [7, 11) is 0. The molecule has 0 saturated carbocycles. The van der Waals surface area contributed by atoms with Crippen molar-refractivity contribution in [2.45, 2.75) is 19.4 Å². The topological polar surface area (TPSA) is 67.1 Å². The summed E-state index contributed by atoms with van der Waals surface area (Å²) in [5, 5.41) is 1.41. The molecule has 0 radical (unpaired) electrons. The third-order valence-corrected chi connectivity index (χ3v) is 4.42. The first-order chi connectivity index (χ1) is 12.1. The molecule has 2 aromatic carbocycles. The molecule has 1 heterocycles. The number of nitrogens with zero attached hydrogens (tertiary/aromatic N) is 2. The van der Waals surface area contributed by atoms with Gasteiger partial charge in [-0.1, -0.05) is 47.5 Å². The number of rotatable bonds is 6. The first kappa shape index (κ1) is 17.5. The molecule has 0 bridgehead atoms. The van der Waals surface area contributed by atoms with Crippen molar-refractivity contribution >= 4 is 29.0 Å². The summed E-state index contributed by atoms with van der Waals surface area (Å²) in [6.07, 6.45) is 4.77. The molecule has 4 nitrogen and oxygen atoms in total. The Kier molecular flexibility index (Phi) is 5.74. The quantitative estimate of drug-likeness (QED) is 0.497. The smallest absolute Gasteiger partial charge is 0.0986 e. The molecule has 0 amide bonds. The Morgan fingerprint density at radius 3 is 2.52 bits per heavy atom. The lowest BCUT2D eigenvalue weighted by Crippen LogP contribution is -2.15. The van der Waals surface area contributed by atoms with Crippen LogP contribution < -0.4 is 5.73 Å². The molecule has 0 aliphatic heterocycles. The number of nitrogens with two attached hydrogens (primary N) is 1. The van der Waals surface area contributed by atoms with E-state index >= 15 is 0 Å². The van der Waals surface area contributed by atoms with Crippen LogP contribution in [0.25, 0.3) is 0 Å². The van der Waals surface area contributed by atoms with Crippen molar-refractivity contribution in [3.05, 3.63) is 87.4 Å². The summed E-state index contributed by atoms with van der Waals surface area (Å²) < 4.78 is 0. The maximum Gasteiger partial charge on any atom is 0.0986 e. The summed E-state index contributed by atoms with van der Waals surface area (Å²) in [4.78, 5) is 11.5. The second kappa shape index (κ2) is 8.19. The van der Waals surface area contributed by atoms with Gasteiger partial charge in [0.2, 0.25) is 0 Å². The lowest BCUT2D eigenvalue weighted by Gasteiger charge is -2.07. The zero-order chi connectivity index (χ0) is 17.6. The van der Waals surface area contributed by atoms with Gasteiger partial charge in [0.1, 0.15) is 0 Å². The van der Waals surface area contributed by atoms with E-state index in [4.69, 9.17) is 28.9 Å². The average Bonchev–Trinajstić information content (AvgIpc) is 3.10. The van der Waals surface area contributed by atoms with Crippen LogP contribution in [0, 0.1) is 0 Å². The van der Waals surface area contributed by atoms with E-state index in [9.17, 15) is 0 Å². The molecule has 0 aliphatic carbocycles. The van der Waals surface area contributed by atoms with Gasteiger partial charge in [0.25, 0.3) is 0 Å². The van der Waals surface area contributed by atoms with Crippen LogP contribution in [0.5, 0.6) is 0 Å². The number of amidine groups is 1. The Morgan fingerprint density at radius 1 is 1.08 bits per heavy atom. The number of hydrogen-bond acceptors (Lipinski definition) is 2. The van der Waals surface area contributed by atoms with Crippen molar-refractivity contribution in [2.24, 2.45) is 10.7 Å². The van der Waals surface area contributed by atoms with Gasteiger partial charge in [-0.25, -0.2) is 4.98 Å². The van der Waals surface area contributed by atoms with Crippen LogP contribution in [0.2, 0.25) is 10.0 Å². The second-order valence-electron chi connectivity index (χ2n) is 5.79. The molecule has 3 aromatic rings. The first-order valence-corrected chi connectivity index (χ1v) is 8.63. The lowest BCUT2D eigenvalue weighted by atomic mass is 10.1. The maximum atomic E-state index is 6.40. The molecule has 0 fully saturated rings. The lowest BCUT2D eigenvalue weighted by molar-refractivity contribution is 1.04. The van der Waals surface area contributed by atoms with Gasteiger partial charge in [0.05, 0.1) is 18.7 Å². The Balaban J connectivity index is 1.63. The van der Waals surface area contributed by atoms with E-state index in [1.807, 2.05) is 42.6 Å². The summed E-state index contributed by atoms with van der Waals surface area (Å²) in [6, 6.07) is 13.6. The van der Waals surface area contributed by atoms with Crippen molar-refractivity contribution in [1.82, 2.24) is 9.97 Å². The Morgan fingerprint density at radius 2 is 1.84 bits per heavy atom. The average molecular weight is 373 g/mol. The molecule has 0 aliphatic rings. The molecular weight excluding hydrogens is 355 g/mol. The zero-order valence-corrected chi connectivity index (χ0v) is 15.1. The molecular formula is C19H18Cl2N4. The van der Waals surface area contributed by atoms with Crippen molar-refractivity contribution in [1.29, 1.82) is 0 Å². The number of hydrogen-bond donors (Lipinski definition) is 2. The minimum atomic E-state index is 0.525. The minimum absolute atomic E-state index is 0.525. The van der Waals surface area contributed by atoms with E-state index in [1.54, 1.807) is 6.33 Å². The Hall–Kier alpha value is -2.30. The predicted octanol–water partition coefficient (Wildman–Crippen LogP) is 4.41. The predicted molar refractivity (Wildman–Crippen MR) is 103 cm³/mol. The van der Waals surface area contributed by atoms with Gasteiger partial charge in [-0.05, 0) is 34.9 Å². The van der Waals surface area contributed by atoms with Crippen LogP contribution in [-0.2, 0) is 19.4 Å². The van der Waals surface area contributed by atoms with Gasteiger partial charge in [0, 0.05) is 34.8 Å². The van der Waals surface area contributed by atoms with Gasteiger partial charge in [-0.2, -0.15) is 0 Å². The number of H-pyrrole nitrogens is 1. The molecule has 0 unspecified atom stereocenters. The largest absolute Gasteiger partial charge is 0.387 e. The molecule has 1 aromatic heterocycles. The summed E-state index contributed by atoms with van der Waals surface area (Å²) in [6.45, 7) is 0.526. The van der Waals surface area contributed by atoms with E-state index in [-0.39, 0.29) is 0 Å². The summed E-state index contributed by atoms with van der Waals surface area (Å²) in [5.74, 6) is 0.554. The van der Waals surface area contributed by atoms with Crippen molar-refractivity contribution in [2.75, 3.05) is 0 Å². The molecule has 3 rings (SSSR count). The Labute approximate surface area is 156 Å². The van der Waals surface area contributed by atoms with Gasteiger partial charge < -0.3 is 10.7 Å². The fraction of sp³-hybridized carbons (Fsp3) is 0.158. The fourth-order valence-electron chi connectivity index (χ4n) is 2.48. The second-order valence-corrected chi connectivity index (χ2v) is 6.63. The van der Waals surface area contributed by atoms with Crippen molar-refractivity contribution in [3.8, 4) is 0 Å². The highest BCUT2D eigenvalue weighted by molar-refractivity contribution is 6.31. The van der Waals surface area contributed by atoms with Gasteiger partial charge >= 0.3 is 0 Å². The van der Waals surface area contributed by atoms with E-state index in [0.29, 0.717) is 28.8 Å². The monoisotopic (exact) mass is 372 g/mol. The normalized spacial score (nSPS) is 11.7. The summed E-state index contributed by atoms with van der Waals surface area (Å²) >= 11 is 12.3. The van der Waals surface area contributed by atoms with Gasteiger partial charge in [-0.15, -0.1) is 0 Å². The number of benzene rings is 2. The third kappa shape index (κ3) is 5.08. The third-order valence-electron chi connectivity index (χ3n) is 3.82. The van der Waals surface area contributed by atoms with Crippen LogP contribution in [0.15, 0.2) is 60.0 Å². The van der Waals surface area contributed by atoms with Crippen molar-refractivity contribution < 1.29 is 0 Å². The van der Waals surface area contributed by atoms with Gasteiger partial charge in [-0.3, -0.25) is 4.99 Å². The molecule has 0 atom stereocenters. The molecule has 0 saturated heterocycles. The number of aromatic nitrogens is 2. The first-order valence-electron chi connectivity index (χ1n) is 7.88. The number of halogens is 2. The highest BCUT2D eigenvalue weighted by Gasteiger charge is 2.06. The standard InChI is InChI=1S/C19H18Cl2N4/c20-16-5-2-13(3-6-16)10-24-19(22)9-15-4-1-14(8-18(15)21)7-17-11-23-12-25-17/h1-6,8,11-12H,7,9-10H2,(H2,22,24)(H,23,25). The van der Waals surface area contributed by atoms with Crippen molar-refractivity contribution in [3.63, 3.8) is 0 Å². The van der Waals surface area contributed by atoms with E-state index in [1.165, 1.54) is 0 Å². The van der Waals surface area contributed by atoms with Crippen LogP contribution in [0.1, 0.15) is 22.4 Å². The van der Waals surface area contributed by atoms with Crippen LogP contribution in [0.4, 0.5) is 0 Å². The van der Waals surface area contributed by atoms with E-state index < -0.39 is 0 Å². The highest BCUT2D eigenvalue weighted by atomic mass is 35.5. The number of nitrogens with one attached hydrogen (secondary N) is 1. The molecule has 3 N–H and O–H groups in total. The minimum Gasteiger partial charge on any atom is -0.387 e.